The quantitative estimate of drug-likeness (QED) is 0.751. The molecule has 1 aliphatic heterocycles. The largest absolute Gasteiger partial charge is 0.334 e. The first-order chi connectivity index (χ1) is 12.6. The molecule has 1 aromatic heterocycles. The summed E-state index contributed by atoms with van der Waals surface area (Å²) < 4.78 is 5.36. The van der Waals surface area contributed by atoms with Gasteiger partial charge in [-0.05, 0) is 35.4 Å². The maximum Gasteiger partial charge on any atom is 0.258 e. The molecule has 0 unspecified atom stereocenters. The lowest BCUT2D eigenvalue weighted by Gasteiger charge is -2.09. The van der Waals surface area contributed by atoms with Crippen LogP contribution in [0.15, 0.2) is 47.0 Å². The third-order valence-electron chi connectivity index (χ3n) is 4.46. The van der Waals surface area contributed by atoms with Gasteiger partial charge in [-0.2, -0.15) is 4.98 Å². The van der Waals surface area contributed by atoms with Crippen molar-refractivity contribution in [3.05, 3.63) is 65.0 Å². The lowest BCUT2D eigenvalue weighted by molar-refractivity contribution is 0.102. The van der Waals surface area contributed by atoms with E-state index in [4.69, 9.17) is 4.52 Å². The summed E-state index contributed by atoms with van der Waals surface area (Å²) >= 11 is 0. The Morgan fingerprint density at radius 2 is 1.96 bits per heavy atom. The second kappa shape index (κ2) is 6.72. The van der Waals surface area contributed by atoms with Gasteiger partial charge in [-0.1, -0.05) is 37.2 Å². The van der Waals surface area contributed by atoms with Gasteiger partial charge < -0.3 is 15.2 Å². The van der Waals surface area contributed by atoms with E-state index in [1.54, 1.807) is 6.07 Å². The fourth-order valence-corrected chi connectivity index (χ4v) is 3.02. The molecule has 4 rings (SSSR count). The number of aromatic nitrogens is 2. The Hall–Kier alpha value is -2.99. The van der Waals surface area contributed by atoms with E-state index in [0.717, 1.165) is 18.8 Å². The summed E-state index contributed by atoms with van der Waals surface area (Å²) in [6.07, 6.45) is 0. The number of nitrogens with zero attached hydrogens (tertiary/aromatic N) is 2. The number of hydrogen-bond donors (Lipinski definition) is 2. The fourth-order valence-electron chi connectivity index (χ4n) is 3.02. The van der Waals surface area contributed by atoms with Gasteiger partial charge in [0.15, 0.2) is 5.82 Å². The van der Waals surface area contributed by atoms with Crippen LogP contribution in [0.3, 0.4) is 0 Å². The van der Waals surface area contributed by atoms with Gasteiger partial charge in [-0.15, -0.1) is 0 Å². The Bertz CT molecular complexity index is 962. The number of carbonyl (C=O) groups is 1. The molecule has 0 saturated heterocycles. The van der Waals surface area contributed by atoms with Gasteiger partial charge in [0, 0.05) is 24.7 Å². The van der Waals surface area contributed by atoms with Gasteiger partial charge >= 0.3 is 0 Å². The normalized spacial score (nSPS) is 13.0. The first-order valence-corrected chi connectivity index (χ1v) is 8.68. The second-order valence-electron chi connectivity index (χ2n) is 6.70. The van der Waals surface area contributed by atoms with Crippen molar-refractivity contribution in [1.82, 2.24) is 15.5 Å². The zero-order valence-electron chi connectivity index (χ0n) is 14.7. The van der Waals surface area contributed by atoms with Gasteiger partial charge in [0.05, 0.1) is 11.1 Å². The molecule has 6 heteroatoms. The van der Waals surface area contributed by atoms with Crippen molar-refractivity contribution in [1.29, 1.82) is 0 Å². The van der Waals surface area contributed by atoms with Crippen LogP contribution in [0.4, 0.5) is 5.69 Å². The maximum atomic E-state index is 12.8. The summed E-state index contributed by atoms with van der Waals surface area (Å²) in [5, 5.41) is 10.3. The zero-order chi connectivity index (χ0) is 18.1. The minimum atomic E-state index is -0.198. The molecule has 2 heterocycles. The van der Waals surface area contributed by atoms with Crippen molar-refractivity contribution in [2.24, 2.45) is 0 Å². The molecule has 0 bridgehead atoms. The number of carbonyl (C=O) groups excluding carboxylic acids is 1. The topological polar surface area (TPSA) is 80.0 Å². The van der Waals surface area contributed by atoms with Gasteiger partial charge in [0.25, 0.3) is 11.8 Å². The molecule has 26 heavy (non-hydrogen) atoms. The highest BCUT2D eigenvalue weighted by atomic mass is 16.5. The molecule has 1 aliphatic rings. The van der Waals surface area contributed by atoms with Crippen LogP contribution in [0.5, 0.6) is 0 Å². The Morgan fingerprint density at radius 3 is 2.77 bits per heavy atom. The average Bonchev–Trinajstić information content (AvgIpc) is 3.30. The highest BCUT2D eigenvalue weighted by Crippen LogP contribution is 2.25. The second-order valence-corrected chi connectivity index (χ2v) is 6.70. The lowest BCUT2D eigenvalue weighted by atomic mass is 10.1. The summed E-state index contributed by atoms with van der Waals surface area (Å²) in [5.41, 5.74) is 4.41. The highest BCUT2D eigenvalue weighted by Gasteiger charge is 2.19. The molecule has 0 radical (unpaired) electrons. The number of nitrogens with one attached hydrogen (secondary N) is 2. The van der Waals surface area contributed by atoms with Gasteiger partial charge in [-0.3, -0.25) is 4.79 Å². The predicted molar refractivity (Wildman–Crippen MR) is 98.8 cm³/mol. The number of anilines is 1. The monoisotopic (exact) mass is 348 g/mol. The van der Waals surface area contributed by atoms with Crippen molar-refractivity contribution >= 4 is 11.6 Å². The van der Waals surface area contributed by atoms with E-state index >= 15 is 0 Å². The lowest BCUT2D eigenvalue weighted by Crippen LogP contribution is -2.13. The van der Waals surface area contributed by atoms with Crippen LogP contribution in [0.25, 0.3) is 11.5 Å². The number of rotatable bonds is 4. The minimum absolute atomic E-state index is 0.161. The molecule has 3 aromatic rings. The average molecular weight is 348 g/mol. The molecule has 2 N–H and O–H groups in total. The molecular formula is C20H20N4O2. The number of amides is 1. The molecule has 2 aromatic carbocycles. The first kappa shape index (κ1) is 16.5. The summed E-state index contributed by atoms with van der Waals surface area (Å²) in [4.78, 5) is 17.2. The summed E-state index contributed by atoms with van der Waals surface area (Å²) in [7, 11) is 0. The van der Waals surface area contributed by atoms with Crippen molar-refractivity contribution in [2.45, 2.75) is 32.9 Å². The molecular weight excluding hydrogens is 328 g/mol. The SMILES string of the molecule is CC(C)c1noc(-c2ccccc2C(=O)Nc2ccc3c(c2)CNC3)n1. The smallest absolute Gasteiger partial charge is 0.258 e. The molecule has 0 fully saturated rings. The van der Waals surface area contributed by atoms with Crippen LogP contribution in [0, 0.1) is 0 Å². The van der Waals surface area contributed by atoms with Gasteiger partial charge in [-0.25, -0.2) is 0 Å². The molecule has 1 amide bonds. The molecule has 0 aliphatic carbocycles. The van der Waals surface area contributed by atoms with E-state index in [-0.39, 0.29) is 11.8 Å². The standard InChI is InChI=1S/C20H20N4O2/c1-12(2)18-23-20(26-24-18)17-6-4-3-5-16(17)19(25)22-15-8-7-13-10-21-11-14(13)9-15/h3-9,12,21H,10-11H2,1-2H3,(H,22,25). The molecule has 132 valence electrons. The molecule has 0 spiro atoms. The summed E-state index contributed by atoms with van der Waals surface area (Å²) in [5.74, 6) is 0.947. The van der Waals surface area contributed by atoms with Crippen LogP contribution in [-0.2, 0) is 13.1 Å². The number of fused-ring (bicyclic) bond motifs is 1. The van der Waals surface area contributed by atoms with E-state index < -0.39 is 0 Å². The number of benzene rings is 2. The zero-order valence-corrected chi connectivity index (χ0v) is 14.7. The Kier molecular flexibility index (Phi) is 4.26. The molecule has 6 nitrogen and oxygen atoms in total. The van der Waals surface area contributed by atoms with E-state index in [9.17, 15) is 4.79 Å². The third kappa shape index (κ3) is 3.11. The van der Waals surface area contributed by atoms with Crippen LogP contribution < -0.4 is 10.6 Å². The fraction of sp³-hybridized carbons (Fsp3) is 0.250. The predicted octanol–water partition coefficient (Wildman–Crippen LogP) is 3.72. The molecule has 0 saturated carbocycles. The van der Waals surface area contributed by atoms with Crippen LogP contribution in [0.1, 0.15) is 47.1 Å². The van der Waals surface area contributed by atoms with Crippen LogP contribution in [-0.4, -0.2) is 16.0 Å². The van der Waals surface area contributed by atoms with Crippen LogP contribution in [0.2, 0.25) is 0 Å². The van der Waals surface area contributed by atoms with Crippen molar-refractivity contribution < 1.29 is 9.32 Å². The van der Waals surface area contributed by atoms with E-state index in [1.165, 1.54) is 11.1 Å². The third-order valence-corrected chi connectivity index (χ3v) is 4.46. The minimum Gasteiger partial charge on any atom is -0.334 e. The Balaban J connectivity index is 1.62. The van der Waals surface area contributed by atoms with Gasteiger partial charge in [0.2, 0.25) is 0 Å². The van der Waals surface area contributed by atoms with Gasteiger partial charge in [0.1, 0.15) is 0 Å². The highest BCUT2D eigenvalue weighted by molar-refractivity contribution is 6.08. The Morgan fingerprint density at radius 1 is 1.15 bits per heavy atom. The maximum absolute atomic E-state index is 12.8. The van der Waals surface area contributed by atoms with E-state index in [1.807, 2.05) is 50.2 Å². The molecule has 0 atom stereocenters. The van der Waals surface area contributed by atoms with E-state index in [2.05, 4.69) is 20.8 Å². The van der Waals surface area contributed by atoms with E-state index in [0.29, 0.717) is 22.8 Å². The van der Waals surface area contributed by atoms with Crippen molar-refractivity contribution in [3.8, 4) is 11.5 Å². The van der Waals surface area contributed by atoms with Crippen LogP contribution >= 0.6 is 0 Å². The number of hydrogen-bond acceptors (Lipinski definition) is 5. The summed E-state index contributed by atoms with van der Waals surface area (Å²) in [6.45, 7) is 5.70. The van der Waals surface area contributed by atoms with Crippen molar-refractivity contribution in [2.75, 3.05) is 5.32 Å². The Labute approximate surface area is 151 Å². The first-order valence-electron chi connectivity index (χ1n) is 8.68. The summed E-state index contributed by atoms with van der Waals surface area (Å²) in [6, 6.07) is 13.2. The van der Waals surface area contributed by atoms with Crippen molar-refractivity contribution in [3.63, 3.8) is 0 Å².